The SMILES string of the molecule is O=c1c2c(sc3ccccc13)-c1ccccc1S[C@H]2c1ccc(F)cc1. The van der Waals surface area contributed by atoms with Gasteiger partial charge in [0.05, 0.1) is 5.25 Å². The molecular weight excluding hydrogens is 363 g/mol. The van der Waals surface area contributed by atoms with Gasteiger partial charge in [-0.3, -0.25) is 4.79 Å². The molecule has 0 saturated heterocycles. The maximum Gasteiger partial charge on any atom is 0.193 e. The molecule has 1 nitrogen and oxygen atoms in total. The van der Waals surface area contributed by atoms with Crippen LogP contribution in [0.4, 0.5) is 4.39 Å². The van der Waals surface area contributed by atoms with E-state index in [1.807, 2.05) is 36.4 Å². The zero-order valence-corrected chi connectivity index (χ0v) is 15.2. The molecule has 1 atom stereocenters. The van der Waals surface area contributed by atoms with E-state index < -0.39 is 0 Å². The molecule has 0 unspecified atom stereocenters. The molecule has 4 heteroatoms. The summed E-state index contributed by atoms with van der Waals surface area (Å²) in [4.78, 5) is 15.5. The van der Waals surface area contributed by atoms with Crippen LogP contribution in [-0.2, 0) is 0 Å². The molecular formula is C22H13FOS2. The van der Waals surface area contributed by atoms with Crippen molar-refractivity contribution < 1.29 is 4.39 Å². The minimum absolute atomic E-state index is 0.0747. The van der Waals surface area contributed by atoms with Crippen molar-refractivity contribution in [2.75, 3.05) is 0 Å². The second-order valence-electron chi connectivity index (χ2n) is 6.22. The van der Waals surface area contributed by atoms with Gasteiger partial charge in [0.2, 0.25) is 0 Å². The molecule has 1 aliphatic rings. The summed E-state index contributed by atoms with van der Waals surface area (Å²) in [6.45, 7) is 0. The second kappa shape index (κ2) is 6.08. The van der Waals surface area contributed by atoms with Crippen LogP contribution in [0.1, 0.15) is 16.4 Å². The largest absolute Gasteiger partial charge is 0.289 e. The van der Waals surface area contributed by atoms with Gasteiger partial charge >= 0.3 is 0 Å². The van der Waals surface area contributed by atoms with Crippen molar-refractivity contribution in [1.29, 1.82) is 0 Å². The van der Waals surface area contributed by atoms with Crippen molar-refractivity contribution in [3.63, 3.8) is 0 Å². The molecule has 0 amide bonds. The first-order valence-corrected chi connectivity index (χ1v) is 9.99. The third-order valence-electron chi connectivity index (χ3n) is 4.64. The first-order valence-electron chi connectivity index (χ1n) is 8.29. The van der Waals surface area contributed by atoms with E-state index in [0.717, 1.165) is 36.5 Å². The maximum atomic E-state index is 13.4. The van der Waals surface area contributed by atoms with Gasteiger partial charge in [0.1, 0.15) is 5.82 Å². The topological polar surface area (TPSA) is 17.1 Å². The van der Waals surface area contributed by atoms with Crippen LogP contribution in [0, 0.1) is 5.82 Å². The third-order valence-corrected chi connectivity index (χ3v) is 7.22. The summed E-state index contributed by atoms with van der Waals surface area (Å²) in [6.07, 6.45) is 0. The van der Waals surface area contributed by atoms with E-state index in [-0.39, 0.29) is 16.5 Å². The molecule has 26 heavy (non-hydrogen) atoms. The Bertz CT molecular complexity index is 1190. The van der Waals surface area contributed by atoms with Crippen LogP contribution >= 0.6 is 23.1 Å². The summed E-state index contributed by atoms with van der Waals surface area (Å²) in [5.41, 5.74) is 2.94. The van der Waals surface area contributed by atoms with Crippen LogP contribution in [0.2, 0.25) is 0 Å². The summed E-state index contributed by atoms with van der Waals surface area (Å²) in [5, 5.41) is 0.622. The molecule has 0 aliphatic carbocycles. The zero-order chi connectivity index (χ0) is 17.7. The molecule has 1 aliphatic heterocycles. The molecule has 0 bridgehead atoms. The first-order chi connectivity index (χ1) is 12.7. The number of fused-ring (bicyclic) bond motifs is 4. The van der Waals surface area contributed by atoms with Gasteiger partial charge in [0.15, 0.2) is 5.43 Å². The van der Waals surface area contributed by atoms with Crippen molar-refractivity contribution in [2.24, 2.45) is 0 Å². The van der Waals surface area contributed by atoms with Gasteiger partial charge in [-0.25, -0.2) is 4.39 Å². The van der Waals surface area contributed by atoms with E-state index in [0.29, 0.717) is 0 Å². The van der Waals surface area contributed by atoms with Crippen LogP contribution in [0.3, 0.4) is 0 Å². The van der Waals surface area contributed by atoms with E-state index in [2.05, 4.69) is 12.1 Å². The van der Waals surface area contributed by atoms with Crippen molar-refractivity contribution in [3.8, 4) is 10.4 Å². The van der Waals surface area contributed by atoms with E-state index in [1.54, 1.807) is 35.2 Å². The molecule has 5 rings (SSSR count). The number of rotatable bonds is 1. The van der Waals surface area contributed by atoms with E-state index in [1.165, 1.54) is 12.1 Å². The van der Waals surface area contributed by atoms with Crippen LogP contribution < -0.4 is 5.43 Å². The predicted molar refractivity (Wildman–Crippen MR) is 108 cm³/mol. The molecule has 4 aromatic rings. The van der Waals surface area contributed by atoms with Gasteiger partial charge in [0, 0.05) is 31.0 Å². The van der Waals surface area contributed by atoms with Gasteiger partial charge < -0.3 is 0 Å². The highest BCUT2D eigenvalue weighted by Gasteiger charge is 2.30. The Kier molecular flexibility index (Phi) is 3.69. The molecule has 0 saturated carbocycles. The first kappa shape index (κ1) is 15.8. The molecule has 1 aromatic heterocycles. The number of halogens is 1. The predicted octanol–water partition coefficient (Wildman–Crippen LogP) is 6.26. The highest BCUT2D eigenvalue weighted by Crippen LogP contribution is 2.52. The summed E-state index contributed by atoms with van der Waals surface area (Å²) in [6, 6.07) is 22.4. The Hall–Kier alpha value is -2.43. The quantitative estimate of drug-likeness (QED) is 0.390. The lowest BCUT2D eigenvalue weighted by Gasteiger charge is -2.27. The number of benzene rings is 3. The standard InChI is InChI=1S/C22H13FOS2/c23-14-11-9-13(10-12-14)21-19-20(24)15-5-1-3-7-17(15)26-22(19)16-6-2-4-8-18(16)25-21/h1-12,21H/t21-/m0/s1. The summed E-state index contributed by atoms with van der Waals surface area (Å²) < 4.78 is 14.4. The number of hydrogen-bond acceptors (Lipinski definition) is 3. The fourth-order valence-electron chi connectivity index (χ4n) is 3.41. The summed E-state index contributed by atoms with van der Waals surface area (Å²) >= 11 is 3.33. The Morgan fingerprint density at radius 3 is 2.42 bits per heavy atom. The minimum Gasteiger partial charge on any atom is -0.289 e. The van der Waals surface area contributed by atoms with Gasteiger partial charge in [-0.1, -0.05) is 42.5 Å². The lowest BCUT2D eigenvalue weighted by atomic mass is 9.99. The highest BCUT2D eigenvalue weighted by atomic mass is 32.2. The Balaban J connectivity index is 1.86. The van der Waals surface area contributed by atoms with Crippen molar-refractivity contribution in [3.05, 3.63) is 100.0 Å². The monoisotopic (exact) mass is 376 g/mol. The van der Waals surface area contributed by atoms with Gasteiger partial charge in [-0.15, -0.1) is 23.1 Å². The van der Waals surface area contributed by atoms with Crippen LogP contribution in [0.5, 0.6) is 0 Å². The van der Waals surface area contributed by atoms with E-state index in [4.69, 9.17) is 0 Å². The van der Waals surface area contributed by atoms with Gasteiger partial charge in [-0.2, -0.15) is 0 Å². The van der Waals surface area contributed by atoms with Crippen LogP contribution in [0.25, 0.3) is 20.5 Å². The second-order valence-corrected chi connectivity index (χ2v) is 8.41. The van der Waals surface area contributed by atoms with E-state index >= 15 is 0 Å². The lowest BCUT2D eigenvalue weighted by molar-refractivity contribution is 0.627. The van der Waals surface area contributed by atoms with Crippen molar-refractivity contribution in [1.82, 2.24) is 0 Å². The maximum absolute atomic E-state index is 13.4. The normalized spacial score (nSPS) is 15.5. The average Bonchev–Trinajstić information content (AvgIpc) is 2.68. The molecule has 0 N–H and O–H groups in total. The number of hydrogen-bond donors (Lipinski definition) is 0. The Labute approximate surface area is 158 Å². The molecule has 3 aromatic carbocycles. The minimum atomic E-state index is -0.265. The van der Waals surface area contributed by atoms with Gasteiger partial charge in [-0.05, 0) is 35.9 Å². The molecule has 2 heterocycles. The average molecular weight is 376 g/mol. The lowest BCUT2D eigenvalue weighted by Crippen LogP contribution is -2.16. The Morgan fingerprint density at radius 2 is 1.58 bits per heavy atom. The summed E-state index contributed by atoms with van der Waals surface area (Å²) in [7, 11) is 0. The van der Waals surface area contributed by atoms with Crippen LogP contribution in [0.15, 0.2) is 82.5 Å². The molecule has 0 radical (unpaired) electrons. The van der Waals surface area contributed by atoms with Gasteiger partial charge in [0.25, 0.3) is 0 Å². The van der Waals surface area contributed by atoms with Crippen molar-refractivity contribution in [2.45, 2.75) is 10.1 Å². The molecule has 126 valence electrons. The molecule has 0 spiro atoms. The van der Waals surface area contributed by atoms with Crippen LogP contribution in [-0.4, -0.2) is 0 Å². The van der Waals surface area contributed by atoms with E-state index in [9.17, 15) is 9.18 Å². The molecule has 0 fully saturated rings. The highest BCUT2D eigenvalue weighted by molar-refractivity contribution is 8.00. The number of thioether (sulfide) groups is 1. The zero-order valence-electron chi connectivity index (χ0n) is 13.6. The smallest absolute Gasteiger partial charge is 0.193 e. The Morgan fingerprint density at radius 1 is 0.846 bits per heavy atom. The fraction of sp³-hybridized carbons (Fsp3) is 0.0455. The fourth-order valence-corrected chi connectivity index (χ4v) is 6.14. The van der Waals surface area contributed by atoms with Crippen molar-refractivity contribution >= 4 is 33.2 Å². The third kappa shape index (κ3) is 2.41. The summed E-state index contributed by atoms with van der Waals surface area (Å²) in [5.74, 6) is -0.265.